The first-order valence-electron chi connectivity index (χ1n) is 6.04. The molecule has 0 unspecified atom stereocenters. The number of carboxylic acids is 1. The molecule has 0 radical (unpaired) electrons. The third-order valence-electron chi connectivity index (χ3n) is 2.96. The van der Waals surface area contributed by atoms with Crippen LogP contribution in [0.1, 0.15) is 28.8 Å². The largest absolute Gasteiger partial charge is 0.481 e. The van der Waals surface area contributed by atoms with E-state index in [4.69, 9.17) is 5.11 Å². The molecular weight excluding hydrogens is 232 g/mol. The van der Waals surface area contributed by atoms with Crippen LogP contribution < -0.4 is 10.6 Å². The Labute approximate surface area is 105 Å². The number of amides is 1. The Morgan fingerprint density at radius 1 is 1.39 bits per heavy atom. The maximum Gasteiger partial charge on any atom is 0.305 e. The van der Waals surface area contributed by atoms with Gasteiger partial charge in [0.2, 0.25) is 0 Å². The zero-order chi connectivity index (χ0) is 13.0. The summed E-state index contributed by atoms with van der Waals surface area (Å²) in [6.45, 7) is 1.09. The molecule has 0 aliphatic carbocycles. The highest BCUT2D eigenvalue weighted by molar-refractivity contribution is 5.97. The maximum absolute atomic E-state index is 12.0. The molecule has 96 valence electrons. The van der Waals surface area contributed by atoms with E-state index < -0.39 is 5.97 Å². The minimum atomic E-state index is -0.910. The van der Waals surface area contributed by atoms with E-state index in [-0.39, 0.29) is 18.9 Å². The van der Waals surface area contributed by atoms with Crippen LogP contribution >= 0.6 is 0 Å². The van der Waals surface area contributed by atoms with Crippen LogP contribution in [0.15, 0.2) is 18.2 Å². The molecule has 1 aromatic rings. The van der Waals surface area contributed by atoms with Crippen LogP contribution in [0.4, 0.5) is 5.69 Å². The number of nitrogens with one attached hydrogen (secondary N) is 2. The summed E-state index contributed by atoms with van der Waals surface area (Å²) in [6, 6.07) is 5.58. The number of rotatable bonds is 4. The summed E-state index contributed by atoms with van der Waals surface area (Å²) in [5.41, 5.74) is 2.67. The van der Waals surface area contributed by atoms with Gasteiger partial charge in [-0.25, -0.2) is 0 Å². The Bertz CT molecular complexity index is 471. The van der Waals surface area contributed by atoms with Gasteiger partial charge in [0.1, 0.15) is 0 Å². The van der Waals surface area contributed by atoms with Crippen molar-refractivity contribution < 1.29 is 14.7 Å². The SMILES string of the molecule is O=C(O)CCNC(=O)c1cccc2c1CCCN2. The van der Waals surface area contributed by atoms with Crippen LogP contribution in [-0.2, 0) is 11.2 Å². The number of benzene rings is 1. The molecular formula is C13H16N2O3. The molecule has 0 bridgehead atoms. The third kappa shape index (κ3) is 2.80. The van der Waals surface area contributed by atoms with Crippen molar-refractivity contribution in [2.24, 2.45) is 0 Å². The van der Waals surface area contributed by atoms with Gasteiger partial charge in [-0.2, -0.15) is 0 Å². The molecule has 2 rings (SSSR count). The molecule has 0 saturated carbocycles. The van der Waals surface area contributed by atoms with Gasteiger partial charge in [0.05, 0.1) is 6.42 Å². The predicted molar refractivity (Wildman–Crippen MR) is 67.8 cm³/mol. The molecule has 1 amide bonds. The van der Waals surface area contributed by atoms with Crippen molar-refractivity contribution in [2.45, 2.75) is 19.3 Å². The molecule has 5 heteroatoms. The van der Waals surface area contributed by atoms with E-state index in [0.717, 1.165) is 30.6 Å². The van der Waals surface area contributed by atoms with Crippen molar-refractivity contribution in [3.05, 3.63) is 29.3 Å². The molecule has 1 aromatic carbocycles. The Kier molecular flexibility index (Phi) is 3.82. The van der Waals surface area contributed by atoms with Crippen molar-refractivity contribution in [3.63, 3.8) is 0 Å². The lowest BCUT2D eigenvalue weighted by atomic mass is 9.97. The highest BCUT2D eigenvalue weighted by atomic mass is 16.4. The summed E-state index contributed by atoms with van der Waals surface area (Å²) >= 11 is 0. The van der Waals surface area contributed by atoms with E-state index in [1.165, 1.54) is 0 Å². The summed E-state index contributed by atoms with van der Waals surface area (Å²) in [7, 11) is 0. The Morgan fingerprint density at radius 2 is 2.22 bits per heavy atom. The summed E-state index contributed by atoms with van der Waals surface area (Å²) in [6.07, 6.45) is 1.83. The Morgan fingerprint density at radius 3 is 3.00 bits per heavy atom. The standard InChI is InChI=1S/C13H16N2O3/c16-12(17)6-8-15-13(18)10-3-1-5-11-9(10)4-2-7-14-11/h1,3,5,14H,2,4,6-8H2,(H,15,18)(H,16,17). The molecule has 0 fully saturated rings. The number of hydrogen-bond acceptors (Lipinski definition) is 3. The van der Waals surface area contributed by atoms with Gasteiger partial charge >= 0.3 is 5.97 Å². The van der Waals surface area contributed by atoms with Crippen molar-refractivity contribution >= 4 is 17.6 Å². The maximum atomic E-state index is 12.0. The molecule has 18 heavy (non-hydrogen) atoms. The number of hydrogen-bond donors (Lipinski definition) is 3. The smallest absolute Gasteiger partial charge is 0.305 e. The van der Waals surface area contributed by atoms with E-state index >= 15 is 0 Å². The first-order chi connectivity index (χ1) is 8.68. The molecule has 0 atom stereocenters. The van der Waals surface area contributed by atoms with Gasteiger partial charge in [0.15, 0.2) is 0 Å². The second-order valence-electron chi connectivity index (χ2n) is 4.26. The highest BCUT2D eigenvalue weighted by Crippen LogP contribution is 2.25. The number of carboxylic acid groups (broad SMARTS) is 1. The summed E-state index contributed by atoms with van der Waals surface area (Å²) in [5, 5.41) is 14.4. The highest BCUT2D eigenvalue weighted by Gasteiger charge is 2.16. The lowest BCUT2D eigenvalue weighted by molar-refractivity contribution is -0.136. The normalized spacial score (nSPS) is 13.3. The van der Waals surface area contributed by atoms with E-state index in [0.29, 0.717) is 5.56 Å². The average Bonchev–Trinajstić information content (AvgIpc) is 2.37. The summed E-state index contributed by atoms with van der Waals surface area (Å²) in [5.74, 6) is -1.11. The van der Waals surface area contributed by atoms with Crippen molar-refractivity contribution in [2.75, 3.05) is 18.4 Å². The van der Waals surface area contributed by atoms with E-state index in [1.54, 1.807) is 6.07 Å². The van der Waals surface area contributed by atoms with Crippen LogP contribution in [0.5, 0.6) is 0 Å². The third-order valence-corrected chi connectivity index (χ3v) is 2.96. The first kappa shape index (κ1) is 12.4. The minimum Gasteiger partial charge on any atom is -0.481 e. The van der Waals surface area contributed by atoms with Gasteiger partial charge in [-0.3, -0.25) is 9.59 Å². The van der Waals surface area contributed by atoms with E-state index in [9.17, 15) is 9.59 Å². The second kappa shape index (κ2) is 5.53. The van der Waals surface area contributed by atoms with Crippen LogP contribution in [0, 0.1) is 0 Å². The zero-order valence-corrected chi connectivity index (χ0v) is 10.0. The monoisotopic (exact) mass is 248 g/mol. The van der Waals surface area contributed by atoms with E-state index in [1.807, 2.05) is 12.1 Å². The Balaban J connectivity index is 2.08. The van der Waals surface area contributed by atoms with Crippen LogP contribution in [0.3, 0.4) is 0 Å². The van der Waals surface area contributed by atoms with Gasteiger partial charge in [0, 0.05) is 24.3 Å². The molecule has 3 N–H and O–H groups in total. The average molecular weight is 248 g/mol. The van der Waals surface area contributed by atoms with Gasteiger partial charge in [0.25, 0.3) is 5.91 Å². The van der Waals surface area contributed by atoms with Crippen LogP contribution in [0.2, 0.25) is 0 Å². The fourth-order valence-corrected chi connectivity index (χ4v) is 2.10. The minimum absolute atomic E-state index is 0.0565. The van der Waals surface area contributed by atoms with Gasteiger partial charge in [-0.15, -0.1) is 0 Å². The molecule has 0 spiro atoms. The number of fused-ring (bicyclic) bond motifs is 1. The number of anilines is 1. The molecule has 1 heterocycles. The molecule has 1 aliphatic heterocycles. The number of carbonyl (C=O) groups is 2. The lowest BCUT2D eigenvalue weighted by Crippen LogP contribution is -2.28. The summed E-state index contributed by atoms with van der Waals surface area (Å²) < 4.78 is 0. The molecule has 0 aromatic heterocycles. The number of carbonyl (C=O) groups excluding carboxylic acids is 1. The molecule has 1 aliphatic rings. The zero-order valence-electron chi connectivity index (χ0n) is 10.0. The van der Waals surface area contributed by atoms with Crippen LogP contribution in [0.25, 0.3) is 0 Å². The molecule has 0 saturated heterocycles. The van der Waals surface area contributed by atoms with Gasteiger partial charge < -0.3 is 15.7 Å². The molecule has 5 nitrogen and oxygen atoms in total. The van der Waals surface area contributed by atoms with E-state index in [2.05, 4.69) is 10.6 Å². The van der Waals surface area contributed by atoms with Gasteiger partial charge in [-0.05, 0) is 30.5 Å². The lowest BCUT2D eigenvalue weighted by Gasteiger charge is -2.20. The second-order valence-corrected chi connectivity index (χ2v) is 4.26. The van der Waals surface area contributed by atoms with Gasteiger partial charge in [-0.1, -0.05) is 6.07 Å². The first-order valence-corrected chi connectivity index (χ1v) is 6.04. The van der Waals surface area contributed by atoms with Crippen molar-refractivity contribution in [1.29, 1.82) is 0 Å². The van der Waals surface area contributed by atoms with Crippen molar-refractivity contribution in [1.82, 2.24) is 5.32 Å². The topological polar surface area (TPSA) is 78.4 Å². The fraction of sp³-hybridized carbons (Fsp3) is 0.385. The summed E-state index contributed by atoms with van der Waals surface area (Å²) in [4.78, 5) is 22.4. The predicted octanol–water partition coefficient (Wildman–Crippen LogP) is 1.25. The van der Waals surface area contributed by atoms with Crippen LogP contribution in [-0.4, -0.2) is 30.1 Å². The Hall–Kier alpha value is -2.04. The number of aliphatic carboxylic acids is 1. The quantitative estimate of drug-likeness (QED) is 0.749. The van der Waals surface area contributed by atoms with Crippen molar-refractivity contribution in [3.8, 4) is 0 Å². The fourth-order valence-electron chi connectivity index (χ4n) is 2.10.